The van der Waals surface area contributed by atoms with Gasteiger partial charge in [0.25, 0.3) is 0 Å². The zero-order valence-electron chi connectivity index (χ0n) is 13.0. The Bertz CT molecular complexity index is 199. The molecular weight excluding hydrogens is 296 g/mol. The van der Waals surface area contributed by atoms with Gasteiger partial charge in [0.1, 0.15) is 0 Å². The van der Waals surface area contributed by atoms with Crippen LogP contribution in [0.4, 0.5) is 0 Å². The van der Waals surface area contributed by atoms with E-state index in [-0.39, 0.29) is 39.3 Å². The Morgan fingerprint density at radius 2 is 0.864 bits per heavy atom. The van der Waals surface area contributed by atoms with Gasteiger partial charge in [-0.2, -0.15) is 0 Å². The number of unbranched alkanes of at least 4 members (excludes halogenated alkanes) is 2. The highest BCUT2D eigenvalue weighted by Crippen LogP contribution is 1.98. The van der Waals surface area contributed by atoms with E-state index < -0.39 is 11.9 Å². The van der Waals surface area contributed by atoms with Crippen LogP contribution in [-0.4, -0.2) is 69.0 Å². The molecule has 22 heavy (non-hydrogen) atoms. The van der Waals surface area contributed by atoms with Crippen molar-refractivity contribution in [2.24, 2.45) is 0 Å². The maximum Gasteiger partial charge on any atom is 0.303 e. The zero-order valence-corrected chi connectivity index (χ0v) is 13.0. The molecule has 0 atom stereocenters. The van der Waals surface area contributed by atoms with Crippen molar-refractivity contribution in [3.63, 3.8) is 0 Å². The van der Waals surface area contributed by atoms with Crippen LogP contribution in [0.1, 0.15) is 38.5 Å². The zero-order chi connectivity index (χ0) is 18.2. The van der Waals surface area contributed by atoms with E-state index in [2.05, 4.69) is 13.2 Å². The number of rotatable bonds is 9. The van der Waals surface area contributed by atoms with Gasteiger partial charge in [0.15, 0.2) is 0 Å². The van der Waals surface area contributed by atoms with E-state index in [1.807, 2.05) is 0 Å². The van der Waals surface area contributed by atoms with Crippen molar-refractivity contribution < 1.29 is 40.2 Å². The Balaban J connectivity index is -0.000000115. The summed E-state index contributed by atoms with van der Waals surface area (Å²) < 4.78 is 0. The third-order valence-corrected chi connectivity index (χ3v) is 1.70. The number of aliphatic hydroxyl groups is 4. The summed E-state index contributed by atoms with van der Waals surface area (Å²) in [6, 6.07) is 0. The molecule has 0 heterocycles. The van der Waals surface area contributed by atoms with Crippen LogP contribution in [0.25, 0.3) is 0 Å². The minimum Gasteiger partial charge on any atom is -0.481 e. The number of carbonyl (C=O) groups is 2. The van der Waals surface area contributed by atoms with Crippen LogP contribution in [0.15, 0.2) is 13.2 Å². The Morgan fingerprint density at radius 1 is 0.591 bits per heavy atom. The molecule has 0 aromatic carbocycles. The van der Waals surface area contributed by atoms with Crippen LogP contribution in [0, 0.1) is 0 Å². The van der Waals surface area contributed by atoms with Crippen molar-refractivity contribution in [1.82, 2.24) is 0 Å². The molecule has 8 heteroatoms. The van der Waals surface area contributed by atoms with E-state index in [9.17, 15) is 9.59 Å². The minimum atomic E-state index is -0.870. The number of carboxylic acids is 2. The van der Waals surface area contributed by atoms with E-state index in [0.717, 1.165) is 12.8 Å². The summed E-state index contributed by atoms with van der Waals surface area (Å²) in [5.41, 5.74) is 0. The van der Waals surface area contributed by atoms with Gasteiger partial charge in [-0.1, -0.05) is 0 Å². The average Bonchev–Trinajstić information content (AvgIpc) is 2.52. The van der Waals surface area contributed by atoms with Gasteiger partial charge in [-0.3, -0.25) is 9.59 Å². The smallest absolute Gasteiger partial charge is 0.303 e. The standard InChI is InChI=1S/C6H10O4.C4H10O2.C2H6O2.C2H4/c7-5(8)3-1-2-4-6(9)10;5-3-1-2-4-6;3-1-2-4;1-2/h1-4H2,(H,7,8)(H,9,10);5-6H,1-4H2;3-4H,1-2H2;1-2H2. The number of carboxylic acid groups (broad SMARTS) is 2. The van der Waals surface area contributed by atoms with Crippen LogP contribution >= 0.6 is 0 Å². The van der Waals surface area contributed by atoms with E-state index in [4.69, 9.17) is 30.6 Å². The van der Waals surface area contributed by atoms with Crippen molar-refractivity contribution in [2.45, 2.75) is 38.5 Å². The average molecular weight is 326 g/mol. The Hall–Kier alpha value is -1.48. The summed E-state index contributed by atoms with van der Waals surface area (Å²) in [5, 5.41) is 47.7. The third kappa shape index (κ3) is 62.7. The molecule has 0 rings (SSSR count). The summed E-state index contributed by atoms with van der Waals surface area (Å²) in [4.78, 5) is 19.8. The second-order valence-corrected chi connectivity index (χ2v) is 3.60. The maximum atomic E-state index is 9.90. The summed E-state index contributed by atoms with van der Waals surface area (Å²) in [6.07, 6.45) is 2.46. The molecule has 8 nitrogen and oxygen atoms in total. The fraction of sp³-hybridized carbons (Fsp3) is 0.714. The minimum absolute atomic E-state index is 0.0628. The molecule has 0 amide bonds. The summed E-state index contributed by atoms with van der Waals surface area (Å²) in [7, 11) is 0. The molecule has 0 saturated carbocycles. The topological polar surface area (TPSA) is 156 Å². The summed E-state index contributed by atoms with van der Waals surface area (Å²) in [5.74, 6) is -1.74. The number of aliphatic hydroxyl groups excluding tert-OH is 4. The van der Waals surface area contributed by atoms with Gasteiger partial charge >= 0.3 is 11.9 Å². The maximum absolute atomic E-state index is 9.90. The first-order valence-electron chi connectivity index (χ1n) is 6.83. The quantitative estimate of drug-likeness (QED) is 0.260. The van der Waals surface area contributed by atoms with Crippen molar-refractivity contribution in [1.29, 1.82) is 0 Å². The summed E-state index contributed by atoms with van der Waals surface area (Å²) in [6.45, 7) is 6.14. The van der Waals surface area contributed by atoms with Crippen LogP contribution in [0.2, 0.25) is 0 Å². The second kappa shape index (κ2) is 31.8. The molecule has 0 saturated heterocycles. The molecule has 0 fully saturated rings. The Kier molecular flexibility index (Phi) is 41.4. The van der Waals surface area contributed by atoms with E-state index in [0.29, 0.717) is 12.8 Å². The number of aliphatic carboxylic acids is 2. The number of hydrogen-bond donors (Lipinski definition) is 6. The molecule has 0 spiro atoms. The normalized spacial score (nSPS) is 8.18. The molecular formula is C14H30O8. The predicted molar refractivity (Wildman–Crippen MR) is 82.6 cm³/mol. The summed E-state index contributed by atoms with van der Waals surface area (Å²) >= 11 is 0. The monoisotopic (exact) mass is 326 g/mol. The highest BCUT2D eigenvalue weighted by molar-refractivity contribution is 5.67. The van der Waals surface area contributed by atoms with Gasteiger partial charge in [-0.05, 0) is 25.7 Å². The lowest BCUT2D eigenvalue weighted by Gasteiger charge is -1.92. The first-order valence-corrected chi connectivity index (χ1v) is 6.83. The van der Waals surface area contributed by atoms with Crippen LogP contribution in [0.5, 0.6) is 0 Å². The van der Waals surface area contributed by atoms with E-state index in [1.165, 1.54) is 0 Å². The number of hydrogen-bond acceptors (Lipinski definition) is 6. The molecule has 0 radical (unpaired) electrons. The van der Waals surface area contributed by atoms with Gasteiger partial charge < -0.3 is 30.6 Å². The van der Waals surface area contributed by atoms with Crippen molar-refractivity contribution in [3.8, 4) is 0 Å². The largest absolute Gasteiger partial charge is 0.481 e. The molecule has 0 bridgehead atoms. The van der Waals surface area contributed by atoms with Gasteiger partial charge in [0.2, 0.25) is 0 Å². The molecule has 0 aliphatic carbocycles. The van der Waals surface area contributed by atoms with Gasteiger partial charge in [-0.15, -0.1) is 13.2 Å². The van der Waals surface area contributed by atoms with Gasteiger partial charge in [0, 0.05) is 26.1 Å². The molecule has 134 valence electrons. The van der Waals surface area contributed by atoms with Gasteiger partial charge in [0.05, 0.1) is 13.2 Å². The molecule has 0 unspecified atom stereocenters. The lowest BCUT2D eigenvalue weighted by atomic mass is 10.2. The predicted octanol–water partition coefficient (Wildman–Crippen LogP) is 0.240. The molecule has 0 aromatic rings. The van der Waals surface area contributed by atoms with Crippen LogP contribution in [-0.2, 0) is 9.59 Å². The molecule has 0 aromatic heterocycles. The first kappa shape index (κ1) is 28.6. The van der Waals surface area contributed by atoms with Gasteiger partial charge in [-0.25, -0.2) is 0 Å². The van der Waals surface area contributed by atoms with Crippen molar-refractivity contribution in [2.75, 3.05) is 26.4 Å². The van der Waals surface area contributed by atoms with E-state index in [1.54, 1.807) is 0 Å². The highest BCUT2D eigenvalue weighted by Gasteiger charge is 1.99. The van der Waals surface area contributed by atoms with Crippen LogP contribution < -0.4 is 0 Å². The highest BCUT2D eigenvalue weighted by atomic mass is 16.4. The Labute approximate surface area is 131 Å². The second-order valence-electron chi connectivity index (χ2n) is 3.60. The fourth-order valence-corrected chi connectivity index (χ4v) is 0.776. The first-order chi connectivity index (χ1) is 10.5. The molecule has 6 N–H and O–H groups in total. The lowest BCUT2D eigenvalue weighted by Crippen LogP contribution is -1.97. The van der Waals surface area contributed by atoms with Crippen LogP contribution in [0.3, 0.4) is 0 Å². The van der Waals surface area contributed by atoms with Crippen molar-refractivity contribution >= 4 is 11.9 Å². The Morgan fingerprint density at radius 3 is 1.00 bits per heavy atom. The molecule has 0 aliphatic heterocycles. The fourth-order valence-electron chi connectivity index (χ4n) is 0.776. The molecule has 0 aliphatic rings. The van der Waals surface area contributed by atoms with Crippen molar-refractivity contribution in [3.05, 3.63) is 13.2 Å². The SMILES string of the molecule is C=C.O=C(O)CCCCC(=O)O.OCCCCO.OCCO. The third-order valence-electron chi connectivity index (χ3n) is 1.70. The lowest BCUT2D eigenvalue weighted by molar-refractivity contribution is -0.139. The van der Waals surface area contributed by atoms with E-state index >= 15 is 0 Å².